The molecule has 7 heteroatoms. The first-order chi connectivity index (χ1) is 10.5. The van der Waals surface area contributed by atoms with Gasteiger partial charge in [0, 0.05) is 0 Å². The Hall–Kier alpha value is -2.28. The van der Waals surface area contributed by atoms with E-state index in [0.717, 1.165) is 5.56 Å². The SMILES string of the molecule is C[C@H](c1ccccc1)n1nnc(F)c1C(=O)OC1(C)COC1. The third-order valence-electron chi connectivity index (χ3n) is 3.65. The van der Waals surface area contributed by atoms with Crippen molar-refractivity contribution in [2.75, 3.05) is 13.2 Å². The van der Waals surface area contributed by atoms with Crippen molar-refractivity contribution in [1.29, 1.82) is 0 Å². The standard InChI is InChI=1S/C15H16FN3O3/c1-10(11-6-4-3-5-7-11)19-12(13(16)17-18-19)14(20)22-15(2)8-21-9-15/h3-7,10H,8-9H2,1-2H3/t10-/m1/s1. The van der Waals surface area contributed by atoms with E-state index in [4.69, 9.17) is 9.47 Å². The Balaban J connectivity index is 1.89. The zero-order chi connectivity index (χ0) is 15.7. The molecule has 0 N–H and O–H groups in total. The Morgan fingerprint density at radius 1 is 1.41 bits per heavy atom. The Bertz CT molecular complexity index is 683. The third kappa shape index (κ3) is 2.59. The minimum Gasteiger partial charge on any atom is -0.450 e. The van der Waals surface area contributed by atoms with Crippen molar-refractivity contribution in [3.05, 3.63) is 47.5 Å². The average Bonchev–Trinajstić information content (AvgIpc) is 2.87. The number of rotatable bonds is 4. The average molecular weight is 305 g/mol. The molecule has 3 rings (SSSR count). The molecule has 1 aliphatic rings. The molecule has 1 aromatic heterocycles. The highest BCUT2D eigenvalue weighted by atomic mass is 19.1. The lowest BCUT2D eigenvalue weighted by Gasteiger charge is -2.37. The molecule has 0 bridgehead atoms. The van der Waals surface area contributed by atoms with Gasteiger partial charge in [-0.05, 0) is 19.4 Å². The second-order valence-electron chi connectivity index (χ2n) is 5.59. The van der Waals surface area contributed by atoms with E-state index in [1.807, 2.05) is 37.3 Å². The number of benzene rings is 1. The van der Waals surface area contributed by atoms with E-state index in [0.29, 0.717) is 13.2 Å². The number of nitrogens with zero attached hydrogens (tertiary/aromatic N) is 3. The number of hydrogen-bond acceptors (Lipinski definition) is 5. The molecule has 0 amide bonds. The molecule has 1 fully saturated rings. The number of ether oxygens (including phenoxy) is 2. The number of aromatic nitrogens is 3. The van der Waals surface area contributed by atoms with Crippen molar-refractivity contribution in [1.82, 2.24) is 15.0 Å². The van der Waals surface area contributed by atoms with Gasteiger partial charge < -0.3 is 9.47 Å². The largest absolute Gasteiger partial charge is 0.450 e. The van der Waals surface area contributed by atoms with E-state index in [2.05, 4.69) is 10.3 Å². The molecule has 6 nitrogen and oxygen atoms in total. The molecule has 1 atom stereocenters. The molecule has 0 aliphatic carbocycles. The van der Waals surface area contributed by atoms with Gasteiger partial charge in [-0.3, -0.25) is 0 Å². The minimum atomic E-state index is -0.934. The summed E-state index contributed by atoms with van der Waals surface area (Å²) in [5.41, 5.74) is -0.0988. The molecule has 1 saturated heterocycles. The van der Waals surface area contributed by atoms with E-state index in [1.54, 1.807) is 6.92 Å². The van der Waals surface area contributed by atoms with Crippen LogP contribution in [0, 0.1) is 5.95 Å². The molecule has 2 heterocycles. The molecular weight excluding hydrogens is 289 g/mol. The predicted octanol–water partition coefficient (Wildman–Crippen LogP) is 1.97. The third-order valence-corrected chi connectivity index (χ3v) is 3.65. The van der Waals surface area contributed by atoms with E-state index < -0.39 is 17.5 Å². The summed E-state index contributed by atoms with van der Waals surface area (Å²) in [6.45, 7) is 4.15. The quantitative estimate of drug-likeness (QED) is 0.808. The minimum absolute atomic E-state index is 0.274. The Labute approximate surface area is 126 Å². The molecule has 0 spiro atoms. The number of carbonyl (C=O) groups is 1. The zero-order valence-electron chi connectivity index (χ0n) is 12.3. The highest BCUT2D eigenvalue weighted by Gasteiger charge is 2.39. The second kappa shape index (κ2) is 5.49. The highest BCUT2D eigenvalue weighted by Crippen LogP contribution is 2.25. The summed E-state index contributed by atoms with van der Waals surface area (Å²) in [4.78, 5) is 12.3. The Morgan fingerprint density at radius 2 is 2.09 bits per heavy atom. The monoisotopic (exact) mass is 305 g/mol. The van der Waals surface area contributed by atoms with Gasteiger partial charge in [0.1, 0.15) is 0 Å². The van der Waals surface area contributed by atoms with Gasteiger partial charge in [0.2, 0.25) is 5.69 Å². The normalized spacial score (nSPS) is 17.6. The first-order valence-electron chi connectivity index (χ1n) is 6.97. The summed E-state index contributed by atoms with van der Waals surface area (Å²) in [6.07, 6.45) is 0. The lowest BCUT2D eigenvalue weighted by molar-refractivity contribution is -0.169. The van der Waals surface area contributed by atoms with Gasteiger partial charge >= 0.3 is 5.97 Å². The highest BCUT2D eigenvalue weighted by molar-refractivity contribution is 5.87. The van der Waals surface area contributed by atoms with Crippen LogP contribution in [0.1, 0.15) is 35.9 Å². The van der Waals surface area contributed by atoms with E-state index in [-0.39, 0.29) is 11.7 Å². The molecule has 1 aromatic carbocycles. The van der Waals surface area contributed by atoms with Gasteiger partial charge in [-0.1, -0.05) is 40.6 Å². The Kier molecular flexibility index (Phi) is 3.66. The van der Waals surface area contributed by atoms with E-state index >= 15 is 0 Å². The van der Waals surface area contributed by atoms with Crippen molar-refractivity contribution in [3.8, 4) is 0 Å². The first kappa shape index (κ1) is 14.6. The van der Waals surface area contributed by atoms with Crippen molar-refractivity contribution in [2.45, 2.75) is 25.5 Å². The molecule has 0 unspecified atom stereocenters. The molecule has 2 aromatic rings. The summed E-state index contributed by atoms with van der Waals surface area (Å²) >= 11 is 0. The summed E-state index contributed by atoms with van der Waals surface area (Å²) in [6, 6.07) is 9.02. The van der Waals surface area contributed by atoms with Crippen LogP contribution in [0.5, 0.6) is 0 Å². The summed E-state index contributed by atoms with van der Waals surface area (Å²) in [5, 5.41) is 7.12. The van der Waals surface area contributed by atoms with Crippen LogP contribution in [0.15, 0.2) is 30.3 Å². The lowest BCUT2D eigenvalue weighted by atomic mass is 10.1. The van der Waals surface area contributed by atoms with Crippen LogP contribution < -0.4 is 0 Å². The zero-order valence-corrected chi connectivity index (χ0v) is 12.3. The molecule has 0 radical (unpaired) electrons. The second-order valence-corrected chi connectivity index (χ2v) is 5.59. The number of hydrogen-bond donors (Lipinski definition) is 0. The topological polar surface area (TPSA) is 66.2 Å². The Morgan fingerprint density at radius 3 is 2.68 bits per heavy atom. The maximum atomic E-state index is 13.9. The van der Waals surface area contributed by atoms with Crippen molar-refractivity contribution >= 4 is 5.97 Å². The van der Waals surface area contributed by atoms with Gasteiger partial charge in [-0.25, -0.2) is 9.48 Å². The number of halogens is 1. The van der Waals surface area contributed by atoms with E-state index in [1.165, 1.54) is 4.68 Å². The molecule has 0 saturated carbocycles. The summed E-state index contributed by atoms with van der Waals surface area (Å²) in [7, 11) is 0. The van der Waals surface area contributed by atoms with Crippen LogP contribution in [0.3, 0.4) is 0 Å². The fourth-order valence-corrected chi connectivity index (χ4v) is 2.32. The van der Waals surface area contributed by atoms with Gasteiger partial charge in [-0.15, -0.1) is 0 Å². The van der Waals surface area contributed by atoms with Gasteiger partial charge in [0.05, 0.1) is 19.3 Å². The van der Waals surface area contributed by atoms with E-state index in [9.17, 15) is 9.18 Å². The number of esters is 1. The van der Waals surface area contributed by atoms with Crippen molar-refractivity contribution in [3.63, 3.8) is 0 Å². The van der Waals surface area contributed by atoms with Crippen LogP contribution in [0.25, 0.3) is 0 Å². The predicted molar refractivity (Wildman–Crippen MR) is 74.9 cm³/mol. The van der Waals surface area contributed by atoms with Crippen molar-refractivity contribution < 1.29 is 18.7 Å². The molecular formula is C15H16FN3O3. The van der Waals surface area contributed by atoms with Crippen LogP contribution >= 0.6 is 0 Å². The summed E-state index contributed by atoms with van der Waals surface area (Å²) in [5.74, 6) is -1.72. The smallest absolute Gasteiger partial charge is 0.362 e. The fraction of sp³-hybridized carbons (Fsp3) is 0.400. The first-order valence-corrected chi connectivity index (χ1v) is 6.97. The fourth-order valence-electron chi connectivity index (χ4n) is 2.32. The maximum Gasteiger partial charge on any atom is 0.362 e. The lowest BCUT2D eigenvalue weighted by Crippen LogP contribution is -2.50. The molecule has 22 heavy (non-hydrogen) atoms. The van der Waals surface area contributed by atoms with Crippen LogP contribution in [0.2, 0.25) is 0 Å². The summed E-state index contributed by atoms with van der Waals surface area (Å²) < 4.78 is 25.5. The van der Waals surface area contributed by atoms with Gasteiger partial charge in [0.25, 0.3) is 5.95 Å². The van der Waals surface area contributed by atoms with Crippen LogP contribution in [-0.4, -0.2) is 39.8 Å². The van der Waals surface area contributed by atoms with Gasteiger partial charge in [0.15, 0.2) is 5.60 Å². The maximum absolute atomic E-state index is 13.9. The molecule has 116 valence electrons. The van der Waals surface area contributed by atoms with Gasteiger partial charge in [-0.2, -0.15) is 4.39 Å². The van der Waals surface area contributed by atoms with Crippen LogP contribution in [-0.2, 0) is 9.47 Å². The van der Waals surface area contributed by atoms with Crippen molar-refractivity contribution in [2.24, 2.45) is 0 Å². The molecule has 1 aliphatic heterocycles. The number of carbonyl (C=O) groups excluding carboxylic acids is 1. The van der Waals surface area contributed by atoms with Crippen LogP contribution in [0.4, 0.5) is 4.39 Å².